The Labute approximate surface area is 259 Å². The van der Waals surface area contributed by atoms with Gasteiger partial charge in [-0.2, -0.15) is 0 Å². The van der Waals surface area contributed by atoms with E-state index in [1.165, 1.54) is 0 Å². The zero-order chi connectivity index (χ0) is 31.7. The number of aromatic nitrogens is 4. The Hall–Kier alpha value is -3.56. The molecule has 8 heteroatoms. The monoisotopic (exact) mass is 598 g/mol. The minimum absolute atomic E-state index is 0.114. The largest absolute Gasteiger partial charge is 0.396 e. The van der Waals surface area contributed by atoms with Crippen molar-refractivity contribution in [3.05, 3.63) is 69.3 Å². The molecule has 0 aliphatic carbocycles. The molecule has 0 radical (unpaired) electrons. The zero-order valence-electron chi connectivity index (χ0n) is 27.3. The summed E-state index contributed by atoms with van der Waals surface area (Å²) in [6.07, 6.45) is 2.49. The fourth-order valence-corrected chi connectivity index (χ4v) is 6.57. The van der Waals surface area contributed by atoms with Gasteiger partial charge >= 0.3 is 0 Å². The van der Waals surface area contributed by atoms with Gasteiger partial charge in [-0.15, -0.1) is 0 Å². The van der Waals surface area contributed by atoms with Crippen LogP contribution in [0.4, 0.5) is 0 Å². The van der Waals surface area contributed by atoms with E-state index in [2.05, 4.69) is 75.8 Å². The molecule has 3 aromatic rings. The minimum Gasteiger partial charge on any atom is -0.396 e. The first kappa shape index (κ1) is 31.9. The molecule has 0 saturated carbocycles. The van der Waals surface area contributed by atoms with Crippen LogP contribution < -0.4 is 0 Å². The van der Waals surface area contributed by atoms with Crippen molar-refractivity contribution in [2.75, 3.05) is 27.4 Å². The molecule has 8 bridgehead atoms. The van der Waals surface area contributed by atoms with E-state index in [4.69, 9.17) is 19.4 Å². The van der Waals surface area contributed by atoms with Gasteiger partial charge in [-0.3, -0.25) is 0 Å². The summed E-state index contributed by atoms with van der Waals surface area (Å²) in [7, 11) is 3.47. The summed E-state index contributed by atoms with van der Waals surface area (Å²) in [6.45, 7) is 12.8. The van der Waals surface area contributed by atoms with Crippen molar-refractivity contribution < 1.29 is 19.7 Å². The van der Waals surface area contributed by atoms with E-state index in [0.717, 1.165) is 95.8 Å². The average Bonchev–Trinajstić information content (AvgIpc) is 3.67. The number of nitrogens with zero attached hydrogens (tertiary/aromatic N) is 2. The summed E-state index contributed by atoms with van der Waals surface area (Å²) in [4.78, 5) is 17.7. The van der Waals surface area contributed by atoms with Gasteiger partial charge in [0.2, 0.25) is 0 Å². The van der Waals surface area contributed by atoms with Gasteiger partial charge in [0.1, 0.15) is 0 Å². The minimum atomic E-state index is -0.132. The van der Waals surface area contributed by atoms with Crippen molar-refractivity contribution >= 4 is 44.4 Å². The maximum atomic E-state index is 9.69. The van der Waals surface area contributed by atoms with Crippen molar-refractivity contribution in [3.8, 4) is 0 Å². The van der Waals surface area contributed by atoms with Crippen LogP contribution in [-0.4, -0.2) is 57.6 Å². The van der Waals surface area contributed by atoms with Gasteiger partial charge < -0.3 is 29.7 Å². The first-order valence-electron chi connectivity index (χ1n) is 15.6. The van der Waals surface area contributed by atoms with Crippen LogP contribution in [0.2, 0.25) is 0 Å². The van der Waals surface area contributed by atoms with Crippen molar-refractivity contribution in [1.82, 2.24) is 19.9 Å². The molecule has 0 saturated heterocycles. The Morgan fingerprint density at radius 3 is 1.45 bits per heavy atom. The molecule has 3 aromatic heterocycles. The highest BCUT2D eigenvalue weighted by molar-refractivity contribution is 5.95. The van der Waals surface area contributed by atoms with E-state index in [1.807, 2.05) is 0 Å². The topological polar surface area (TPSA) is 116 Å². The van der Waals surface area contributed by atoms with Gasteiger partial charge in [0, 0.05) is 60.6 Å². The third-order valence-corrected chi connectivity index (χ3v) is 9.32. The Bertz CT molecular complexity index is 1790. The number of aromatic amines is 2. The lowest BCUT2D eigenvalue weighted by Crippen LogP contribution is -1.97. The highest BCUT2D eigenvalue weighted by atomic mass is 16.5. The highest BCUT2D eigenvalue weighted by Gasteiger charge is 2.23. The summed E-state index contributed by atoms with van der Waals surface area (Å²) in [5, 5.41) is 19.4. The smallest absolute Gasteiger partial charge is 0.0816 e. The zero-order valence-corrected chi connectivity index (χ0v) is 27.3. The molecular formula is C36H46N4O4. The normalized spacial score (nSPS) is 15.0. The van der Waals surface area contributed by atoms with Crippen molar-refractivity contribution in [1.29, 1.82) is 0 Å². The Morgan fingerprint density at radius 2 is 1.02 bits per heavy atom. The maximum Gasteiger partial charge on any atom is 0.0816 e. The summed E-state index contributed by atoms with van der Waals surface area (Å²) in [5.41, 5.74) is 16.3. The number of allylic oxidation sites excluding steroid dienone is 4. The molecule has 0 spiro atoms. The number of H-pyrrole nitrogens is 2. The fourth-order valence-electron chi connectivity index (χ4n) is 6.57. The van der Waals surface area contributed by atoms with E-state index in [0.29, 0.717) is 19.3 Å². The lowest BCUT2D eigenvalue weighted by Gasteiger charge is -2.10. The quantitative estimate of drug-likeness (QED) is 0.190. The summed E-state index contributed by atoms with van der Waals surface area (Å²) in [6, 6.07) is 8.50. The van der Waals surface area contributed by atoms with Crippen LogP contribution in [0.3, 0.4) is 0 Å². The number of methoxy groups -OCH3 is 2. The molecule has 0 fully saturated rings. The second-order valence-corrected chi connectivity index (χ2v) is 11.9. The molecule has 2 atom stereocenters. The standard InChI is InChI=1S/C36H46N4O4/c1-19-25(11-9-13-41)31-18-32-26(12-10-14-42)20(2)28(38-32)16-33-36(24(6)44-8)22(4)30(40-33)17-34-35(23(5)43-7)21(3)29(39-34)15-27(19)37-31/h15-18,23-24,39-42H,9-14H2,1-8H3. The number of rotatable bonds is 10. The number of ether oxygens (including phenoxy) is 2. The predicted molar refractivity (Wildman–Crippen MR) is 179 cm³/mol. The first-order chi connectivity index (χ1) is 21.1. The Kier molecular flexibility index (Phi) is 9.56. The van der Waals surface area contributed by atoms with E-state index in [9.17, 15) is 10.2 Å². The molecule has 234 valence electrons. The molecule has 0 amide bonds. The van der Waals surface area contributed by atoms with Crippen LogP contribution in [0.25, 0.3) is 44.4 Å². The molecule has 2 aliphatic rings. The van der Waals surface area contributed by atoms with Crippen LogP contribution in [-0.2, 0) is 9.47 Å². The van der Waals surface area contributed by atoms with Crippen LogP contribution in [0.1, 0.15) is 111 Å². The second-order valence-electron chi connectivity index (χ2n) is 11.9. The molecule has 0 aromatic carbocycles. The molecule has 5 heterocycles. The molecular weight excluding hydrogens is 552 g/mol. The number of aliphatic hydroxyl groups excluding tert-OH is 2. The SMILES string of the molecule is COC(C)c1c(C)c2cc3[nH]c(cc4nc(cc5nc(cc1[nH]2)C(C)=C5CCCO)C(CCCO)=C4C)c(C)c3C(C)OC. The fraction of sp³-hybridized carbons (Fsp3) is 0.444. The first-order valence-corrected chi connectivity index (χ1v) is 15.6. The Morgan fingerprint density at radius 1 is 0.614 bits per heavy atom. The average molecular weight is 599 g/mol. The number of fused-ring (bicyclic) bond motifs is 8. The van der Waals surface area contributed by atoms with Crippen LogP contribution in [0, 0.1) is 13.8 Å². The lowest BCUT2D eigenvalue weighted by molar-refractivity contribution is 0.120. The number of hydrogen-bond donors (Lipinski definition) is 4. The van der Waals surface area contributed by atoms with E-state index in [-0.39, 0.29) is 25.4 Å². The molecule has 2 aliphatic heterocycles. The molecule has 44 heavy (non-hydrogen) atoms. The second kappa shape index (κ2) is 13.2. The van der Waals surface area contributed by atoms with Gasteiger partial charge in [-0.1, -0.05) is 0 Å². The number of nitrogens with one attached hydrogen (secondary N) is 2. The van der Waals surface area contributed by atoms with Gasteiger partial charge in [0.25, 0.3) is 0 Å². The van der Waals surface area contributed by atoms with E-state index < -0.39 is 0 Å². The number of hydrogen-bond acceptors (Lipinski definition) is 6. The molecule has 8 nitrogen and oxygen atoms in total. The molecule has 4 N–H and O–H groups in total. The van der Waals surface area contributed by atoms with Crippen molar-refractivity contribution in [2.24, 2.45) is 0 Å². The molecule has 2 unspecified atom stereocenters. The lowest BCUT2D eigenvalue weighted by atomic mass is 9.98. The van der Waals surface area contributed by atoms with Gasteiger partial charge in [-0.25, -0.2) is 9.97 Å². The molecule has 5 rings (SSSR count). The maximum absolute atomic E-state index is 9.69. The van der Waals surface area contributed by atoms with Gasteiger partial charge in [0.05, 0.1) is 35.0 Å². The third-order valence-electron chi connectivity index (χ3n) is 9.32. The summed E-state index contributed by atoms with van der Waals surface area (Å²) < 4.78 is 11.7. The Balaban J connectivity index is 1.96. The van der Waals surface area contributed by atoms with Crippen LogP contribution in [0.15, 0.2) is 24.3 Å². The van der Waals surface area contributed by atoms with E-state index >= 15 is 0 Å². The predicted octanol–water partition coefficient (Wildman–Crippen LogP) is 7.75. The van der Waals surface area contributed by atoms with Gasteiger partial charge in [-0.05, 0) is 125 Å². The van der Waals surface area contributed by atoms with Crippen molar-refractivity contribution in [2.45, 2.75) is 79.4 Å². The number of aliphatic hydroxyl groups is 2. The highest BCUT2D eigenvalue weighted by Crippen LogP contribution is 2.39. The third kappa shape index (κ3) is 5.79. The van der Waals surface area contributed by atoms with Crippen LogP contribution >= 0.6 is 0 Å². The summed E-state index contributed by atoms with van der Waals surface area (Å²) >= 11 is 0. The number of aryl methyl sites for hydroxylation is 2. The van der Waals surface area contributed by atoms with Crippen molar-refractivity contribution in [3.63, 3.8) is 0 Å². The van der Waals surface area contributed by atoms with Crippen LogP contribution in [0.5, 0.6) is 0 Å². The summed E-state index contributed by atoms with van der Waals surface area (Å²) in [5.74, 6) is 0. The van der Waals surface area contributed by atoms with E-state index in [1.54, 1.807) is 14.2 Å². The van der Waals surface area contributed by atoms with Gasteiger partial charge in [0.15, 0.2) is 0 Å².